The number of halogens is 1. The first-order valence-corrected chi connectivity index (χ1v) is 13.8. The van der Waals surface area contributed by atoms with Gasteiger partial charge >= 0.3 is 5.97 Å². The molecule has 1 amide bonds. The van der Waals surface area contributed by atoms with Crippen molar-refractivity contribution in [3.05, 3.63) is 57.3 Å². The molecule has 0 spiro atoms. The van der Waals surface area contributed by atoms with Crippen molar-refractivity contribution in [1.29, 1.82) is 0 Å². The number of amides is 1. The topological polar surface area (TPSA) is 98.0 Å². The van der Waals surface area contributed by atoms with Gasteiger partial charge in [0, 0.05) is 23.1 Å². The fraction of sp³-hybridized carbons (Fsp3) is 0.348. The Balaban J connectivity index is 1.64. The predicted octanol–water partition coefficient (Wildman–Crippen LogP) is 3.80. The number of piperidine rings is 1. The zero-order valence-electron chi connectivity index (χ0n) is 18.7. The van der Waals surface area contributed by atoms with Crippen LogP contribution < -0.4 is 4.80 Å². The van der Waals surface area contributed by atoms with E-state index in [1.165, 1.54) is 47.0 Å². The summed E-state index contributed by atoms with van der Waals surface area (Å²) in [5.41, 5.74) is 1.01. The predicted molar refractivity (Wildman–Crippen MR) is 133 cm³/mol. The lowest BCUT2D eigenvalue weighted by atomic mass is 10.0. The van der Waals surface area contributed by atoms with Gasteiger partial charge in [-0.05, 0) is 61.2 Å². The Bertz CT molecular complexity index is 1400. The first-order chi connectivity index (χ1) is 16.2. The maximum atomic E-state index is 12.9. The second-order valence-corrected chi connectivity index (χ2v) is 12.0. The Kier molecular flexibility index (Phi) is 7.36. The molecule has 0 bridgehead atoms. The fourth-order valence-electron chi connectivity index (χ4n) is 3.77. The van der Waals surface area contributed by atoms with Crippen LogP contribution >= 0.6 is 27.3 Å². The summed E-state index contributed by atoms with van der Waals surface area (Å²) in [5.74, 6) is -0.469. The lowest BCUT2D eigenvalue weighted by molar-refractivity contribution is -0.141. The molecule has 8 nitrogen and oxygen atoms in total. The van der Waals surface area contributed by atoms with Gasteiger partial charge in [0.05, 0.1) is 22.2 Å². The number of fused-ring (bicyclic) bond motifs is 1. The van der Waals surface area contributed by atoms with E-state index in [-0.39, 0.29) is 17.0 Å². The zero-order valence-corrected chi connectivity index (χ0v) is 22.0. The van der Waals surface area contributed by atoms with Gasteiger partial charge in [-0.15, -0.1) is 0 Å². The van der Waals surface area contributed by atoms with Gasteiger partial charge in [-0.2, -0.15) is 9.30 Å². The van der Waals surface area contributed by atoms with Crippen molar-refractivity contribution in [2.24, 2.45) is 10.9 Å². The molecule has 0 radical (unpaired) electrons. The molecule has 1 saturated heterocycles. The minimum atomic E-state index is -3.60. The lowest BCUT2D eigenvalue weighted by Crippen LogP contribution is -2.37. The molecule has 11 heteroatoms. The van der Waals surface area contributed by atoms with E-state index in [9.17, 15) is 18.0 Å². The number of methoxy groups -OCH3 is 1. The van der Waals surface area contributed by atoms with Gasteiger partial charge in [0.25, 0.3) is 5.91 Å². The normalized spacial score (nSPS) is 16.1. The average molecular weight is 566 g/mol. The Morgan fingerprint density at radius 1 is 1.15 bits per heavy atom. The van der Waals surface area contributed by atoms with Crippen LogP contribution in [0.5, 0.6) is 0 Å². The maximum absolute atomic E-state index is 12.9. The Hall–Kier alpha value is -2.34. The van der Waals surface area contributed by atoms with Crippen molar-refractivity contribution in [3.63, 3.8) is 0 Å². The van der Waals surface area contributed by atoms with Gasteiger partial charge in [-0.25, -0.2) is 8.42 Å². The average Bonchev–Trinajstić information content (AvgIpc) is 3.14. The van der Waals surface area contributed by atoms with Gasteiger partial charge in [-0.1, -0.05) is 34.2 Å². The molecule has 0 aliphatic carbocycles. The number of carbonyl (C=O) groups excluding carboxylic acids is 2. The second-order valence-electron chi connectivity index (χ2n) is 8.19. The van der Waals surface area contributed by atoms with Crippen molar-refractivity contribution < 1.29 is 22.7 Å². The highest BCUT2D eigenvalue weighted by Gasteiger charge is 2.28. The number of benzene rings is 2. The highest BCUT2D eigenvalue weighted by molar-refractivity contribution is 9.10. The Labute approximate surface area is 210 Å². The van der Waals surface area contributed by atoms with Crippen molar-refractivity contribution >= 4 is 59.4 Å². The quantitative estimate of drug-likeness (QED) is 0.438. The van der Waals surface area contributed by atoms with E-state index >= 15 is 0 Å². The van der Waals surface area contributed by atoms with Crippen molar-refractivity contribution in [3.8, 4) is 0 Å². The minimum Gasteiger partial charge on any atom is -0.468 e. The van der Waals surface area contributed by atoms with Crippen molar-refractivity contribution in [1.82, 2.24) is 8.87 Å². The monoisotopic (exact) mass is 565 g/mol. The molecule has 1 aliphatic heterocycles. The molecule has 34 heavy (non-hydrogen) atoms. The van der Waals surface area contributed by atoms with E-state index < -0.39 is 21.9 Å². The summed E-state index contributed by atoms with van der Waals surface area (Å²) in [6.45, 7) is 3.04. The van der Waals surface area contributed by atoms with Crippen LogP contribution in [0.3, 0.4) is 0 Å². The third-order valence-corrected chi connectivity index (χ3v) is 9.29. The number of ether oxygens (including phenoxy) is 1. The highest BCUT2D eigenvalue weighted by atomic mass is 79.9. The minimum absolute atomic E-state index is 0.0874. The third-order valence-electron chi connectivity index (χ3n) is 5.84. The first-order valence-electron chi connectivity index (χ1n) is 10.7. The standard InChI is InChI=1S/C23H24BrN3O5S2/c1-15-9-11-26(12-10-15)34(30,31)18-6-3-16(4-7-18)22(29)25-23-27(14-21(28)32-2)19-8-5-17(24)13-20(19)33-23/h3-8,13,15H,9-12,14H2,1-2H3. The van der Waals surface area contributed by atoms with Crippen LogP contribution in [-0.4, -0.2) is 49.4 Å². The third kappa shape index (κ3) is 5.17. The summed E-state index contributed by atoms with van der Waals surface area (Å²) in [7, 11) is -2.30. The lowest BCUT2D eigenvalue weighted by Gasteiger charge is -2.29. The number of carbonyl (C=O) groups is 2. The van der Waals surface area contributed by atoms with Crippen molar-refractivity contribution in [2.45, 2.75) is 31.2 Å². The molecule has 3 aromatic rings. The molecule has 1 aromatic heterocycles. The SMILES string of the molecule is COC(=O)Cn1c(=NC(=O)c2ccc(S(=O)(=O)N3CCC(C)CC3)cc2)sc2cc(Br)ccc21. The summed E-state index contributed by atoms with van der Waals surface area (Å²) in [6.07, 6.45) is 1.68. The number of hydrogen-bond donors (Lipinski definition) is 0. The molecule has 4 rings (SSSR count). The van der Waals surface area contributed by atoms with E-state index in [0.717, 1.165) is 27.5 Å². The van der Waals surface area contributed by atoms with E-state index in [2.05, 4.69) is 27.8 Å². The number of nitrogens with zero attached hydrogens (tertiary/aromatic N) is 3. The zero-order chi connectivity index (χ0) is 24.5. The van der Waals surface area contributed by atoms with Gasteiger partial charge in [-0.3, -0.25) is 9.59 Å². The highest BCUT2D eigenvalue weighted by Crippen LogP contribution is 2.24. The van der Waals surface area contributed by atoms with E-state index in [4.69, 9.17) is 4.74 Å². The number of hydrogen-bond acceptors (Lipinski definition) is 6. The molecular weight excluding hydrogens is 542 g/mol. The van der Waals surface area contributed by atoms with Crippen molar-refractivity contribution in [2.75, 3.05) is 20.2 Å². The second kappa shape index (κ2) is 10.1. The maximum Gasteiger partial charge on any atom is 0.325 e. The van der Waals surface area contributed by atoms with Crippen LogP contribution in [-0.2, 0) is 26.1 Å². The van der Waals surface area contributed by atoms with Crippen LogP contribution in [0.25, 0.3) is 10.2 Å². The molecule has 1 fully saturated rings. The molecule has 1 aliphatic rings. The molecule has 2 aromatic carbocycles. The number of esters is 1. The van der Waals surface area contributed by atoms with Crippen LogP contribution in [0.1, 0.15) is 30.1 Å². The van der Waals surface area contributed by atoms with Crippen LogP contribution in [0.4, 0.5) is 0 Å². The fourth-order valence-corrected chi connectivity index (χ4v) is 6.82. The molecule has 0 N–H and O–H groups in total. The summed E-state index contributed by atoms with van der Waals surface area (Å²) < 4.78 is 35.5. The summed E-state index contributed by atoms with van der Waals surface area (Å²) in [4.78, 5) is 29.6. The summed E-state index contributed by atoms with van der Waals surface area (Å²) in [6, 6.07) is 11.4. The summed E-state index contributed by atoms with van der Waals surface area (Å²) >= 11 is 4.70. The molecule has 0 atom stereocenters. The largest absolute Gasteiger partial charge is 0.468 e. The van der Waals surface area contributed by atoms with Gasteiger partial charge in [0.1, 0.15) is 6.54 Å². The van der Waals surface area contributed by atoms with Crippen LogP contribution in [0.2, 0.25) is 0 Å². The number of rotatable bonds is 5. The molecule has 0 saturated carbocycles. The smallest absolute Gasteiger partial charge is 0.325 e. The Morgan fingerprint density at radius 3 is 2.47 bits per heavy atom. The number of thiazole rings is 1. The van der Waals surface area contributed by atoms with Crippen LogP contribution in [0, 0.1) is 5.92 Å². The van der Waals surface area contributed by atoms with Crippen LogP contribution in [0.15, 0.2) is 56.8 Å². The molecule has 0 unspecified atom stereocenters. The van der Waals surface area contributed by atoms with Gasteiger partial charge < -0.3 is 9.30 Å². The molecular formula is C23H24BrN3O5S2. The Morgan fingerprint density at radius 2 is 1.82 bits per heavy atom. The van der Waals surface area contributed by atoms with E-state index in [1.807, 2.05) is 18.2 Å². The first kappa shape index (κ1) is 24.8. The molecule has 2 heterocycles. The van der Waals surface area contributed by atoms with Gasteiger partial charge in [0.2, 0.25) is 10.0 Å². The van der Waals surface area contributed by atoms with Gasteiger partial charge in [0.15, 0.2) is 4.80 Å². The van der Waals surface area contributed by atoms with E-state index in [1.54, 1.807) is 4.57 Å². The van der Waals surface area contributed by atoms with E-state index in [0.29, 0.717) is 23.8 Å². The summed E-state index contributed by atoms with van der Waals surface area (Å²) in [5, 5.41) is 0. The molecule has 180 valence electrons. The number of sulfonamides is 1. The number of aromatic nitrogens is 1.